The summed E-state index contributed by atoms with van der Waals surface area (Å²) < 4.78 is 10.9. The second-order valence-electron chi connectivity index (χ2n) is 7.75. The molecule has 0 bridgehead atoms. The number of nitrogens with one attached hydrogen (secondary N) is 1. The maximum atomic E-state index is 12.5. The van der Waals surface area contributed by atoms with Gasteiger partial charge in [0.05, 0.1) is 13.2 Å². The van der Waals surface area contributed by atoms with E-state index in [-0.39, 0.29) is 11.9 Å². The van der Waals surface area contributed by atoms with Crippen LogP contribution < -0.4 is 14.8 Å². The van der Waals surface area contributed by atoms with Gasteiger partial charge in [-0.05, 0) is 74.8 Å². The van der Waals surface area contributed by atoms with E-state index in [1.165, 1.54) is 44.3 Å². The van der Waals surface area contributed by atoms with E-state index in [2.05, 4.69) is 22.3 Å². The van der Waals surface area contributed by atoms with Crippen molar-refractivity contribution in [3.63, 3.8) is 0 Å². The first-order valence-corrected chi connectivity index (χ1v) is 10.5. The second kappa shape index (κ2) is 10.9. The minimum absolute atomic E-state index is 0.0721. The number of likely N-dealkylation sites (tertiary alicyclic amines) is 1. The molecule has 0 radical (unpaired) electrons. The van der Waals surface area contributed by atoms with Gasteiger partial charge in [0, 0.05) is 12.1 Å². The Balaban J connectivity index is 1.45. The largest absolute Gasteiger partial charge is 0.497 e. The van der Waals surface area contributed by atoms with E-state index in [1.807, 2.05) is 43.3 Å². The fourth-order valence-electron chi connectivity index (χ4n) is 3.56. The van der Waals surface area contributed by atoms with Gasteiger partial charge in [0.1, 0.15) is 18.1 Å². The van der Waals surface area contributed by atoms with Crippen molar-refractivity contribution in [2.45, 2.75) is 45.2 Å². The molecule has 5 heteroatoms. The van der Waals surface area contributed by atoms with Crippen LogP contribution in [0.25, 0.3) is 0 Å². The molecule has 0 spiro atoms. The van der Waals surface area contributed by atoms with E-state index < -0.39 is 0 Å². The van der Waals surface area contributed by atoms with E-state index in [4.69, 9.17) is 9.47 Å². The van der Waals surface area contributed by atoms with Gasteiger partial charge < -0.3 is 14.8 Å². The number of benzene rings is 2. The average molecular weight is 397 g/mol. The Bertz CT molecular complexity index is 751. The zero-order valence-electron chi connectivity index (χ0n) is 17.5. The summed E-state index contributed by atoms with van der Waals surface area (Å²) in [6, 6.07) is 15.3. The Hall–Kier alpha value is -2.53. The maximum Gasteiger partial charge on any atom is 0.251 e. The van der Waals surface area contributed by atoms with E-state index in [1.54, 1.807) is 7.11 Å². The minimum Gasteiger partial charge on any atom is -0.497 e. The van der Waals surface area contributed by atoms with Gasteiger partial charge in [-0.1, -0.05) is 25.0 Å². The molecular weight excluding hydrogens is 364 g/mol. The first-order valence-electron chi connectivity index (χ1n) is 10.5. The Morgan fingerprint density at radius 2 is 1.59 bits per heavy atom. The Labute approximate surface area is 174 Å². The minimum atomic E-state index is -0.0959. The highest BCUT2D eigenvalue weighted by Gasteiger charge is 2.12. The first kappa shape index (κ1) is 21.2. The molecule has 156 valence electrons. The SMILES string of the molecule is COc1ccc(OC[C@@H](C)NC(=O)c2ccc(CN3CCCCCC3)cc2)cc1. The topological polar surface area (TPSA) is 50.8 Å². The van der Waals surface area contributed by atoms with Crippen LogP contribution in [0.3, 0.4) is 0 Å². The molecule has 0 aliphatic carbocycles. The van der Waals surface area contributed by atoms with Crippen LogP contribution in [0.4, 0.5) is 0 Å². The fraction of sp³-hybridized carbons (Fsp3) is 0.458. The average Bonchev–Trinajstić information content (AvgIpc) is 3.02. The highest BCUT2D eigenvalue weighted by Crippen LogP contribution is 2.17. The number of hydrogen-bond acceptors (Lipinski definition) is 4. The van der Waals surface area contributed by atoms with Crippen molar-refractivity contribution in [3.05, 3.63) is 59.7 Å². The summed E-state index contributed by atoms with van der Waals surface area (Å²) in [7, 11) is 1.63. The molecule has 1 aliphatic rings. The third-order valence-electron chi connectivity index (χ3n) is 5.26. The molecule has 0 saturated carbocycles. The number of nitrogens with zero attached hydrogens (tertiary/aromatic N) is 1. The first-order chi connectivity index (χ1) is 14.1. The van der Waals surface area contributed by atoms with Crippen molar-refractivity contribution in [1.82, 2.24) is 10.2 Å². The fourth-order valence-corrected chi connectivity index (χ4v) is 3.56. The van der Waals surface area contributed by atoms with Crippen LogP contribution in [-0.2, 0) is 6.54 Å². The number of methoxy groups -OCH3 is 1. The van der Waals surface area contributed by atoms with Crippen LogP contribution >= 0.6 is 0 Å². The molecule has 1 heterocycles. The van der Waals surface area contributed by atoms with E-state index in [0.717, 1.165) is 18.0 Å². The lowest BCUT2D eigenvalue weighted by Gasteiger charge is -2.20. The van der Waals surface area contributed by atoms with E-state index in [0.29, 0.717) is 12.2 Å². The van der Waals surface area contributed by atoms with Gasteiger partial charge in [-0.2, -0.15) is 0 Å². The van der Waals surface area contributed by atoms with Gasteiger partial charge in [0.25, 0.3) is 5.91 Å². The maximum absolute atomic E-state index is 12.5. The summed E-state index contributed by atoms with van der Waals surface area (Å²) in [5.41, 5.74) is 1.94. The van der Waals surface area contributed by atoms with Crippen LogP contribution in [0.15, 0.2) is 48.5 Å². The van der Waals surface area contributed by atoms with Crippen LogP contribution in [0.2, 0.25) is 0 Å². The predicted molar refractivity (Wildman–Crippen MR) is 116 cm³/mol. The molecule has 1 atom stereocenters. The molecule has 0 unspecified atom stereocenters. The van der Waals surface area contributed by atoms with Gasteiger partial charge in [0.2, 0.25) is 0 Å². The molecule has 1 saturated heterocycles. The summed E-state index contributed by atoms with van der Waals surface area (Å²) in [4.78, 5) is 15.0. The standard InChI is InChI=1S/C24H32N2O3/c1-19(18-29-23-13-11-22(28-2)12-14-23)25-24(27)21-9-7-20(8-10-21)17-26-15-5-3-4-6-16-26/h7-14,19H,3-6,15-18H2,1-2H3,(H,25,27)/t19-/m1/s1. The van der Waals surface area contributed by atoms with Crippen molar-refractivity contribution in [2.75, 3.05) is 26.8 Å². The Morgan fingerprint density at radius 3 is 2.21 bits per heavy atom. The zero-order chi connectivity index (χ0) is 20.5. The van der Waals surface area contributed by atoms with Crippen molar-refractivity contribution in [2.24, 2.45) is 0 Å². The lowest BCUT2D eigenvalue weighted by Crippen LogP contribution is -2.36. The van der Waals surface area contributed by atoms with Crippen LogP contribution in [0.1, 0.15) is 48.5 Å². The molecule has 2 aromatic rings. The molecule has 3 rings (SSSR count). The normalized spacial score (nSPS) is 15.9. The number of carbonyl (C=O) groups excluding carboxylic acids is 1. The molecule has 1 aliphatic heterocycles. The van der Waals surface area contributed by atoms with Gasteiger partial charge in [-0.15, -0.1) is 0 Å². The second-order valence-corrected chi connectivity index (χ2v) is 7.75. The molecule has 0 aromatic heterocycles. The Kier molecular flexibility index (Phi) is 7.94. The Morgan fingerprint density at radius 1 is 0.966 bits per heavy atom. The molecule has 29 heavy (non-hydrogen) atoms. The van der Waals surface area contributed by atoms with Gasteiger partial charge >= 0.3 is 0 Å². The summed E-state index contributed by atoms with van der Waals surface area (Å²) >= 11 is 0. The summed E-state index contributed by atoms with van der Waals surface area (Å²) in [6.45, 7) is 5.66. The van der Waals surface area contributed by atoms with Crippen molar-refractivity contribution >= 4 is 5.91 Å². The van der Waals surface area contributed by atoms with E-state index in [9.17, 15) is 4.79 Å². The molecular formula is C24H32N2O3. The van der Waals surface area contributed by atoms with Crippen LogP contribution in [0, 0.1) is 0 Å². The van der Waals surface area contributed by atoms with Gasteiger partial charge in [-0.3, -0.25) is 9.69 Å². The zero-order valence-corrected chi connectivity index (χ0v) is 17.5. The summed E-state index contributed by atoms with van der Waals surface area (Å²) in [6.07, 6.45) is 5.26. The van der Waals surface area contributed by atoms with Gasteiger partial charge in [0.15, 0.2) is 0 Å². The summed E-state index contributed by atoms with van der Waals surface area (Å²) in [5.74, 6) is 1.47. The summed E-state index contributed by atoms with van der Waals surface area (Å²) in [5, 5.41) is 3.00. The quantitative estimate of drug-likeness (QED) is 0.724. The number of amides is 1. The number of rotatable bonds is 8. The smallest absolute Gasteiger partial charge is 0.251 e. The van der Waals surface area contributed by atoms with Crippen molar-refractivity contribution < 1.29 is 14.3 Å². The van der Waals surface area contributed by atoms with Gasteiger partial charge in [-0.25, -0.2) is 0 Å². The molecule has 5 nitrogen and oxygen atoms in total. The lowest BCUT2D eigenvalue weighted by molar-refractivity contribution is 0.0926. The molecule has 1 amide bonds. The number of hydrogen-bond donors (Lipinski definition) is 1. The van der Waals surface area contributed by atoms with Crippen LogP contribution in [-0.4, -0.2) is 43.7 Å². The molecule has 1 N–H and O–H groups in total. The van der Waals surface area contributed by atoms with Crippen LogP contribution in [0.5, 0.6) is 11.5 Å². The van der Waals surface area contributed by atoms with E-state index >= 15 is 0 Å². The predicted octanol–water partition coefficient (Wildman–Crippen LogP) is 4.27. The molecule has 1 fully saturated rings. The monoisotopic (exact) mass is 396 g/mol. The highest BCUT2D eigenvalue weighted by atomic mass is 16.5. The molecule has 2 aromatic carbocycles. The van der Waals surface area contributed by atoms with Crippen molar-refractivity contribution in [3.8, 4) is 11.5 Å². The third kappa shape index (κ3) is 6.79. The number of ether oxygens (including phenoxy) is 2. The third-order valence-corrected chi connectivity index (χ3v) is 5.26. The lowest BCUT2D eigenvalue weighted by atomic mass is 10.1. The van der Waals surface area contributed by atoms with Crippen molar-refractivity contribution in [1.29, 1.82) is 0 Å². The number of carbonyl (C=O) groups is 1. The highest BCUT2D eigenvalue weighted by molar-refractivity contribution is 5.94.